The summed E-state index contributed by atoms with van der Waals surface area (Å²) in [5, 5.41) is 3.73. The summed E-state index contributed by atoms with van der Waals surface area (Å²) in [5.74, 6) is 10.5. The van der Waals surface area contributed by atoms with Crippen molar-refractivity contribution in [2.75, 3.05) is 13.1 Å². The molecule has 7 saturated carbocycles. The summed E-state index contributed by atoms with van der Waals surface area (Å²) in [6.07, 6.45) is 45.1. The first-order valence-electron chi connectivity index (χ1n) is 24.1. The van der Waals surface area contributed by atoms with Crippen LogP contribution in [-0.2, 0) is 0 Å². The molecule has 3 nitrogen and oxygen atoms in total. The maximum atomic E-state index is 3.73. The Hall–Kier alpha value is -0.120. The lowest BCUT2D eigenvalue weighted by Gasteiger charge is -2.50. The number of rotatable bonds is 5. The molecular formula is C47H79N3. The number of hydrogen-bond donors (Lipinski definition) is 1. The normalized spacial score (nSPS) is 48.8. The average molecular weight is 686 g/mol. The van der Waals surface area contributed by atoms with E-state index in [1.54, 1.807) is 103 Å². The zero-order valence-electron chi connectivity index (χ0n) is 32.6. The SMILES string of the molecule is C1CCC(C2CC(C3CCNCC3)CC(N3C4CCCCC4C4CC(C5CCC6C7CCCCC7N(C7CCCCC7)C6C5)CCC43)C2)CC1. The molecule has 0 aromatic rings. The van der Waals surface area contributed by atoms with Crippen molar-refractivity contribution in [3.05, 3.63) is 0 Å². The Kier molecular flexibility index (Phi) is 10.4. The monoisotopic (exact) mass is 686 g/mol. The van der Waals surface area contributed by atoms with Gasteiger partial charge in [0.05, 0.1) is 0 Å². The highest BCUT2D eigenvalue weighted by molar-refractivity contribution is 5.10. The molecule has 0 bridgehead atoms. The Morgan fingerprint density at radius 2 is 0.800 bits per heavy atom. The van der Waals surface area contributed by atoms with Gasteiger partial charge in [0.25, 0.3) is 0 Å². The highest BCUT2D eigenvalue weighted by Gasteiger charge is 2.57. The lowest BCUT2D eigenvalue weighted by atomic mass is 9.62. The molecule has 0 radical (unpaired) electrons. The zero-order chi connectivity index (χ0) is 33.0. The van der Waals surface area contributed by atoms with Crippen molar-refractivity contribution in [2.45, 2.75) is 222 Å². The van der Waals surface area contributed by atoms with Crippen molar-refractivity contribution in [3.8, 4) is 0 Å². The Morgan fingerprint density at radius 1 is 0.280 bits per heavy atom. The minimum atomic E-state index is 0.925. The Labute approximate surface area is 309 Å². The van der Waals surface area contributed by atoms with Gasteiger partial charge >= 0.3 is 0 Å². The highest BCUT2D eigenvalue weighted by atomic mass is 15.3. The summed E-state index contributed by atoms with van der Waals surface area (Å²) in [4.78, 5) is 6.72. The summed E-state index contributed by atoms with van der Waals surface area (Å²) < 4.78 is 0. The van der Waals surface area contributed by atoms with Crippen LogP contribution in [0, 0.1) is 59.2 Å². The third-order valence-electron chi connectivity index (χ3n) is 19.2. The van der Waals surface area contributed by atoms with Gasteiger partial charge in [0.1, 0.15) is 0 Å². The van der Waals surface area contributed by atoms with Crippen molar-refractivity contribution in [3.63, 3.8) is 0 Å². The Morgan fingerprint density at radius 3 is 1.52 bits per heavy atom. The van der Waals surface area contributed by atoms with Gasteiger partial charge in [0.2, 0.25) is 0 Å². The Bertz CT molecular complexity index is 1080. The van der Waals surface area contributed by atoms with Gasteiger partial charge in [0, 0.05) is 36.3 Å². The van der Waals surface area contributed by atoms with E-state index < -0.39 is 0 Å². The van der Waals surface area contributed by atoms with Gasteiger partial charge in [0.15, 0.2) is 0 Å². The number of nitrogens with one attached hydrogen (secondary N) is 1. The van der Waals surface area contributed by atoms with Crippen LogP contribution in [0.3, 0.4) is 0 Å². The van der Waals surface area contributed by atoms with Crippen molar-refractivity contribution >= 4 is 0 Å². The van der Waals surface area contributed by atoms with Crippen molar-refractivity contribution < 1.29 is 0 Å². The fourth-order valence-electron chi connectivity index (χ4n) is 17.2. The lowest BCUT2D eigenvalue weighted by molar-refractivity contribution is -0.00544. The molecule has 0 amide bonds. The molecule has 7 aliphatic carbocycles. The second-order valence-electron chi connectivity index (χ2n) is 21.2. The second kappa shape index (κ2) is 15.2. The summed E-state index contributed by atoms with van der Waals surface area (Å²) >= 11 is 0. The Balaban J connectivity index is 0.869. The molecule has 0 spiro atoms. The van der Waals surface area contributed by atoms with Gasteiger partial charge in [-0.1, -0.05) is 77.0 Å². The molecular weight excluding hydrogens is 607 g/mol. The van der Waals surface area contributed by atoms with Crippen LogP contribution in [0.5, 0.6) is 0 Å². The first-order chi connectivity index (χ1) is 24.8. The molecule has 3 aliphatic heterocycles. The van der Waals surface area contributed by atoms with E-state index in [1.165, 1.54) is 96.6 Å². The van der Waals surface area contributed by atoms with Crippen LogP contribution >= 0.6 is 0 Å². The third-order valence-corrected chi connectivity index (χ3v) is 19.2. The summed E-state index contributed by atoms with van der Waals surface area (Å²) in [6.45, 7) is 2.59. The molecule has 3 heteroatoms. The smallest absolute Gasteiger partial charge is 0.0135 e. The number of piperidine rings is 1. The molecule has 10 fully saturated rings. The van der Waals surface area contributed by atoms with Gasteiger partial charge in [-0.05, 0) is 181 Å². The van der Waals surface area contributed by atoms with Crippen LogP contribution in [0.25, 0.3) is 0 Å². The van der Waals surface area contributed by atoms with E-state index in [2.05, 4.69) is 15.1 Å². The maximum absolute atomic E-state index is 3.73. The van der Waals surface area contributed by atoms with Gasteiger partial charge in [-0.2, -0.15) is 0 Å². The van der Waals surface area contributed by atoms with E-state index in [0.29, 0.717) is 0 Å². The maximum Gasteiger partial charge on any atom is 0.0135 e. The standard InChI is InChI=1S/C47H79N3/c1-3-11-32(12-4-1)36-27-37(33-23-25-48-26-24-33)29-39(28-36)50-45-18-10-8-16-41(45)43-30-34(20-22-46(43)50)35-19-21-42-40-15-7-9-17-44(40)49(47(42)31-35)38-13-5-2-6-14-38/h32-48H,1-31H2. The third kappa shape index (κ3) is 6.43. The van der Waals surface area contributed by atoms with Crippen molar-refractivity contribution in [2.24, 2.45) is 59.2 Å². The topological polar surface area (TPSA) is 18.5 Å². The fraction of sp³-hybridized carbons (Fsp3) is 1.00. The summed E-state index contributed by atoms with van der Waals surface area (Å²) in [6, 6.07) is 5.73. The largest absolute Gasteiger partial charge is 0.317 e. The minimum absolute atomic E-state index is 0.925. The van der Waals surface area contributed by atoms with Crippen molar-refractivity contribution in [1.29, 1.82) is 0 Å². The highest BCUT2D eigenvalue weighted by Crippen LogP contribution is 2.58. The number of fused-ring (bicyclic) bond motifs is 6. The van der Waals surface area contributed by atoms with E-state index >= 15 is 0 Å². The van der Waals surface area contributed by atoms with Crippen LogP contribution in [0.4, 0.5) is 0 Å². The minimum Gasteiger partial charge on any atom is -0.317 e. The molecule has 3 saturated heterocycles. The lowest BCUT2D eigenvalue weighted by Crippen LogP contribution is -2.52. The first kappa shape index (κ1) is 34.4. The number of hydrogen-bond acceptors (Lipinski definition) is 3. The van der Waals surface area contributed by atoms with E-state index in [4.69, 9.17) is 0 Å². The van der Waals surface area contributed by atoms with Crippen LogP contribution in [0.15, 0.2) is 0 Å². The molecule has 282 valence electrons. The molecule has 0 aromatic heterocycles. The molecule has 13 unspecified atom stereocenters. The van der Waals surface area contributed by atoms with Crippen molar-refractivity contribution in [1.82, 2.24) is 15.1 Å². The van der Waals surface area contributed by atoms with E-state index in [1.807, 2.05) is 0 Å². The average Bonchev–Trinajstić information content (AvgIpc) is 3.71. The predicted molar refractivity (Wildman–Crippen MR) is 208 cm³/mol. The first-order valence-corrected chi connectivity index (χ1v) is 24.1. The van der Waals surface area contributed by atoms with Gasteiger partial charge in [-0.15, -0.1) is 0 Å². The summed E-state index contributed by atoms with van der Waals surface area (Å²) in [7, 11) is 0. The van der Waals surface area contributed by atoms with Crippen LogP contribution < -0.4 is 5.32 Å². The molecule has 3 heterocycles. The van der Waals surface area contributed by atoms with Crippen LogP contribution in [0.2, 0.25) is 0 Å². The second-order valence-corrected chi connectivity index (χ2v) is 21.2. The number of likely N-dealkylation sites (tertiary alicyclic amines) is 2. The van der Waals surface area contributed by atoms with E-state index in [-0.39, 0.29) is 0 Å². The fourth-order valence-corrected chi connectivity index (χ4v) is 17.2. The molecule has 50 heavy (non-hydrogen) atoms. The van der Waals surface area contributed by atoms with E-state index in [0.717, 1.165) is 95.4 Å². The van der Waals surface area contributed by atoms with Gasteiger partial charge < -0.3 is 5.32 Å². The molecule has 0 aromatic carbocycles. The van der Waals surface area contributed by atoms with Crippen LogP contribution in [-0.4, -0.2) is 59.1 Å². The van der Waals surface area contributed by atoms with E-state index in [9.17, 15) is 0 Å². The predicted octanol–water partition coefficient (Wildman–Crippen LogP) is 11.0. The quantitative estimate of drug-likeness (QED) is 0.311. The van der Waals surface area contributed by atoms with Gasteiger partial charge in [-0.25, -0.2) is 0 Å². The summed E-state index contributed by atoms with van der Waals surface area (Å²) in [5.41, 5.74) is 0. The molecule has 10 rings (SSSR count). The molecule has 13 atom stereocenters. The van der Waals surface area contributed by atoms with Crippen LogP contribution in [0.1, 0.15) is 186 Å². The zero-order valence-corrected chi connectivity index (χ0v) is 32.6. The molecule has 10 aliphatic rings. The van der Waals surface area contributed by atoms with Gasteiger partial charge in [-0.3, -0.25) is 9.80 Å². The molecule has 1 N–H and O–H groups in total. The number of nitrogens with zero attached hydrogens (tertiary/aromatic N) is 2.